The van der Waals surface area contributed by atoms with Crippen LogP contribution in [0.3, 0.4) is 0 Å². The topological polar surface area (TPSA) is 35.5 Å². The van der Waals surface area contributed by atoms with E-state index in [0.29, 0.717) is 0 Å². The number of nitrogens with zero attached hydrogens (tertiary/aromatic N) is 5. The molecule has 27 heavy (non-hydrogen) atoms. The summed E-state index contributed by atoms with van der Waals surface area (Å²) in [4.78, 5) is 16.3. The van der Waals surface area contributed by atoms with Gasteiger partial charge in [-0.05, 0) is 37.3 Å². The van der Waals surface area contributed by atoms with Crippen LogP contribution < -0.4 is 14.7 Å². The SMILES string of the molecule is CCN(c1ccccc1)c1ccnc(N2CCN(c3ccccc3)CC2)n1. The molecule has 2 aromatic carbocycles. The van der Waals surface area contributed by atoms with E-state index in [9.17, 15) is 0 Å². The van der Waals surface area contributed by atoms with Crippen LogP contribution in [0.5, 0.6) is 0 Å². The molecule has 0 spiro atoms. The summed E-state index contributed by atoms with van der Waals surface area (Å²) in [5.41, 5.74) is 2.44. The van der Waals surface area contributed by atoms with Gasteiger partial charge in [0, 0.05) is 50.3 Å². The van der Waals surface area contributed by atoms with Gasteiger partial charge in [-0.1, -0.05) is 36.4 Å². The molecule has 1 aromatic heterocycles. The normalized spacial score (nSPS) is 14.3. The quantitative estimate of drug-likeness (QED) is 0.689. The molecule has 5 heteroatoms. The maximum atomic E-state index is 4.86. The molecule has 0 amide bonds. The zero-order valence-electron chi connectivity index (χ0n) is 15.7. The van der Waals surface area contributed by atoms with E-state index >= 15 is 0 Å². The Hall–Kier alpha value is -3.08. The van der Waals surface area contributed by atoms with Crippen molar-refractivity contribution in [2.75, 3.05) is 47.4 Å². The van der Waals surface area contributed by atoms with Crippen LogP contribution >= 0.6 is 0 Å². The zero-order valence-corrected chi connectivity index (χ0v) is 15.7. The van der Waals surface area contributed by atoms with Gasteiger partial charge >= 0.3 is 0 Å². The van der Waals surface area contributed by atoms with Crippen LogP contribution in [-0.4, -0.2) is 42.7 Å². The Balaban J connectivity index is 1.48. The van der Waals surface area contributed by atoms with E-state index < -0.39 is 0 Å². The fourth-order valence-corrected chi connectivity index (χ4v) is 3.53. The minimum atomic E-state index is 0.814. The average Bonchev–Trinajstić information content (AvgIpc) is 2.76. The van der Waals surface area contributed by atoms with Crippen molar-refractivity contribution >= 4 is 23.1 Å². The number of anilines is 4. The molecular weight excluding hydrogens is 334 g/mol. The Kier molecular flexibility index (Phi) is 5.19. The smallest absolute Gasteiger partial charge is 0.227 e. The zero-order chi connectivity index (χ0) is 18.5. The molecule has 4 rings (SSSR count). The van der Waals surface area contributed by atoms with Crippen LogP contribution in [0.1, 0.15) is 6.92 Å². The monoisotopic (exact) mass is 359 g/mol. The van der Waals surface area contributed by atoms with E-state index in [-0.39, 0.29) is 0 Å². The Morgan fingerprint density at radius 3 is 2.11 bits per heavy atom. The van der Waals surface area contributed by atoms with Crippen molar-refractivity contribution in [1.82, 2.24) is 9.97 Å². The fourth-order valence-electron chi connectivity index (χ4n) is 3.53. The maximum absolute atomic E-state index is 4.86. The van der Waals surface area contributed by atoms with Crippen LogP contribution in [0.25, 0.3) is 0 Å². The number of hydrogen-bond donors (Lipinski definition) is 0. The van der Waals surface area contributed by atoms with E-state index in [2.05, 4.69) is 81.2 Å². The molecule has 0 bridgehead atoms. The third kappa shape index (κ3) is 3.87. The molecule has 1 fully saturated rings. The summed E-state index contributed by atoms with van der Waals surface area (Å²) in [6.45, 7) is 6.82. The molecule has 0 atom stereocenters. The molecular formula is C22H25N5. The lowest BCUT2D eigenvalue weighted by atomic mass is 10.2. The van der Waals surface area contributed by atoms with Crippen LogP contribution in [0.4, 0.5) is 23.1 Å². The number of hydrogen-bond acceptors (Lipinski definition) is 5. The average molecular weight is 359 g/mol. The first-order valence-electron chi connectivity index (χ1n) is 9.56. The minimum Gasteiger partial charge on any atom is -0.368 e. The van der Waals surface area contributed by atoms with Crippen LogP contribution in [0.15, 0.2) is 72.9 Å². The van der Waals surface area contributed by atoms with Gasteiger partial charge < -0.3 is 14.7 Å². The Morgan fingerprint density at radius 1 is 0.815 bits per heavy atom. The highest BCUT2D eigenvalue weighted by Crippen LogP contribution is 2.25. The van der Waals surface area contributed by atoms with Crippen molar-refractivity contribution in [1.29, 1.82) is 0 Å². The first-order valence-corrected chi connectivity index (χ1v) is 9.56. The highest BCUT2D eigenvalue weighted by Gasteiger charge is 2.20. The lowest BCUT2D eigenvalue weighted by Crippen LogP contribution is -2.47. The molecule has 138 valence electrons. The van der Waals surface area contributed by atoms with E-state index in [0.717, 1.165) is 50.2 Å². The van der Waals surface area contributed by atoms with E-state index in [4.69, 9.17) is 4.98 Å². The van der Waals surface area contributed by atoms with Crippen LogP contribution in [0, 0.1) is 0 Å². The second kappa shape index (κ2) is 8.08. The molecule has 3 aromatic rings. The first kappa shape index (κ1) is 17.3. The van der Waals surface area contributed by atoms with Crippen LogP contribution in [0.2, 0.25) is 0 Å². The second-order valence-electron chi connectivity index (χ2n) is 6.60. The predicted molar refractivity (Wildman–Crippen MR) is 112 cm³/mol. The molecule has 5 nitrogen and oxygen atoms in total. The Labute approximate surface area is 160 Å². The highest BCUT2D eigenvalue weighted by molar-refractivity contribution is 5.60. The number of benzene rings is 2. The molecule has 0 aliphatic carbocycles. The fraction of sp³-hybridized carbons (Fsp3) is 0.273. The second-order valence-corrected chi connectivity index (χ2v) is 6.60. The largest absolute Gasteiger partial charge is 0.368 e. The van der Waals surface area contributed by atoms with E-state index in [1.165, 1.54) is 5.69 Å². The van der Waals surface area contributed by atoms with Crippen molar-refractivity contribution < 1.29 is 0 Å². The standard InChI is InChI=1S/C22H25N5/c1-2-27(20-11-7-4-8-12-20)21-13-14-23-22(24-21)26-17-15-25(16-18-26)19-9-5-3-6-10-19/h3-14H,2,15-18H2,1H3. The summed E-state index contributed by atoms with van der Waals surface area (Å²) in [7, 11) is 0. The van der Waals surface area contributed by atoms with Gasteiger partial charge in [-0.2, -0.15) is 4.98 Å². The Morgan fingerprint density at radius 2 is 1.44 bits per heavy atom. The molecule has 1 saturated heterocycles. The third-order valence-electron chi connectivity index (χ3n) is 4.97. The van der Waals surface area contributed by atoms with Gasteiger partial charge in [0.15, 0.2) is 0 Å². The Bertz CT molecular complexity index is 845. The van der Waals surface area contributed by atoms with Crippen molar-refractivity contribution in [3.05, 3.63) is 72.9 Å². The number of aromatic nitrogens is 2. The van der Waals surface area contributed by atoms with Gasteiger partial charge in [0.05, 0.1) is 0 Å². The van der Waals surface area contributed by atoms with Crippen molar-refractivity contribution in [3.63, 3.8) is 0 Å². The van der Waals surface area contributed by atoms with Gasteiger partial charge in [-0.15, -0.1) is 0 Å². The summed E-state index contributed by atoms with van der Waals surface area (Å²) in [5, 5.41) is 0. The molecule has 1 aliphatic heterocycles. The molecule has 0 N–H and O–H groups in total. The molecule has 1 aliphatic rings. The minimum absolute atomic E-state index is 0.814. The van der Waals surface area contributed by atoms with E-state index in [1.54, 1.807) is 0 Å². The summed E-state index contributed by atoms with van der Waals surface area (Å²) < 4.78 is 0. The third-order valence-corrected chi connectivity index (χ3v) is 4.97. The van der Waals surface area contributed by atoms with Gasteiger partial charge in [0.25, 0.3) is 0 Å². The lowest BCUT2D eigenvalue weighted by Gasteiger charge is -2.36. The predicted octanol–water partition coefficient (Wildman–Crippen LogP) is 3.96. The summed E-state index contributed by atoms with van der Waals surface area (Å²) in [6, 6.07) is 23.0. The first-order chi connectivity index (χ1) is 13.3. The summed E-state index contributed by atoms with van der Waals surface area (Å²) in [6.07, 6.45) is 1.87. The molecule has 0 saturated carbocycles. The van der Waals surface area contributed by atoms with Gasteiger partial charge in [0.1, 0.15) is 5.82 Å². The maximum Gasteiger partial charge on any atom is 0.227 e. The molecule has 0 radical (unpaired) electrons. The van der Waals surface area contributed by atoms with E-state index in [1.807, 2.05) is 18.3 Å². The van der Waals surface area contributed by atoms with Gasteiger partial charge in [-0.3, -0.25) is 0 Å². The summed E-state index contributed by atoms with van der Waals surface area (Å²) >= 11 is 0. The highest BCUT2D eigenvalue weighted by atomic mass is 15.3. The van der Waals surface area contributed by atoms with Crippen LogP contribution in [-0.2, 0) is 0 Å². The lowest BCUT2D eigenvalue weighted by molar-refractivity contribution is 0.640. The molecule has 0 unspecified atom stereocenters. The van der Waals surface area contributed by atoms with Gasteiger partial charge in [-0.25, -0.2) is 4.98 Å². The van der Waals surface area contributed by atoms with Crippen molar-refractivity contribution in [2.45, 2.75) is 6.92 Å². The van der Waals surface area contributed by atoms with Crippen molar-refractivity contribution in [2.24, 2.45) is 0 Å². The van der Waals surface area contributed by atoms with Crippen molar-refractivity contribution in [3.8, 4) is 0 Å². The number of rotatable bonds is 5. The summed E-state index contributed by atoms with van der Waals surface area (Å²) in [5.74, 6) is 1.76. The van der Waals surface area contributed by atoms with Gasteiger partial charge in [0.2, 0.25) is 5.95 Å². The molecule has 2 heterocycles. The number of para-hydroxylation sites is 2. The number of piperazine rings is 1.